The number of rotatable bonds is 26. The van der Waals surface area contributed by atoms with Crippen molar-refractivity contribution in [3.8, 4) is 40.2 Å². The molecule has 3 N–H and O–H groups in total. The third-order valence-corrected chi connectivity index (χ3v) is 10.3. The molecule has 0 aliphatic carbocycles. The molecule has 332 valence electrons. The van der Waals surface area contributed by atoms with Gasteiger partial charge in [-0.3, -0.25) is 0 Å². The van der Waals surface area contributed by atoms with E-state index in [2.05, 4.69) is 27.7 Å². The Morgan fingerprint density at radius 3 is 1.05 bits per heavy atom. The van der Waals surface area contributed by atoms with Gasteiger partial charge in [-0.1, -0.05) is 100 Å². The van der Waals surface area contributed by atoms with Crippen LogP contribution in [0.25, 0.3) is 0 Å². The monoisotopic (exact) mass is 853 g/mol. The van der Waals surface area contributed by atoms with E-state index < -0.39 is 11.6 Å². The first-order chi connectivity index (χ1) is 30.8. The molecule has 6 aromatic rings. The lowest BCUT2D eigenvalue weighted by molar-refractivity contribution is 0.0516. The fraction of sp³-hybridized carbons (Fsp3) is 0.333. The quantitative estimate of drug-likeness (QED) is 0.0551. The zero-order valence-electron chi connectivity index (χ0n) is 37.2. The van der Waals surface area contributed by atoms with Gasteiger partial charge in [-0.05, 0) is 114 Å². The van der Waals surface area contributed by atoms with Crippen LogP contribution >= 0.6 is 0 Å². The summed E-state index contributed by atoms with van der Waals surface area (Å²) in [6.07, 6.45) is 4.05. The summed E-state index contributed by atoms with van der Waals surface area (Å²) in [5.74, 6) is 4.94. The van der Waals surface area contributed by atoms with Gasteiger partial charge < -0.3 is 44.0 Å². The number of benzene rings is 6. The van der Waals surface area contributed by atoms with Crippen molar-refractivity contribution < 1.29 is 38.3 Å². The van der Waals surface area contributed by atoms with E-state index in [9.17, 15) is 5.11 Å². The zero-order valence-corrected chi connectivity index (χ0v) is 37.2. The molecular weight excluding hydrogens is 791 g/mol. The lowest BCUT2D eigenvalue weighted by Gasteiger charge is -2.35. The lowest BCUT2D eigenvalue weighted by Crippen LogP contribution is -2.47. The Hall–Kier alpha value is -6.16. The molecule has 6 rings (SSSR count). The number of hydrogen-bond acceptors (Lipinski definition) is 9. The summed E-state index contributed by atoms with van der Waals surface area (Å²) in [5.41, 5.74) is 10.7. The van der Waals surface area contributed by atoms with Crippen LogP contribution in [0.2, 0.25) is 0 Å². The Labute approximate surface area is 373 Å². The van der Waals surface area contributed by atoms with Crippen molar-refractivity contribution in [3.05, 3.63) is 173 Å². The van der Waals surface area contributed by atoms with Crippen LogP contribution < -0.4 is 38.9 Å². The summed E-state index contributed by atoms with van der Waals surface area (Å²) < 4.78 is 43.2. The van der Waals surface area contributed by atoms with Crippen LogP contribution in [0.4, 0.5) is 0 Å². The summed E-state index contributed by atoms with van der Waals surface area (Å²) in [6.45, 7) is 11.6. The third kappa shape index (κ3) is 13.7. The van der Waals surface area contributed by atoms with Gasteiger partial charge in [0.15, 0.2) is 0 Å². The van der Waals surface area contributed by atoms with Gasteiger partial charge in [0, 0.05) is 24.2 Å². The first kappa shape index (κ1) is 46.3. The molecule has 0 amide bonds. The normalized spacial score (nSPS) is 11.7. The molecule has 0 aliphatic rings. The van der Waals surface area contributed by atoms with Crippen molar-refractivity contribution in [2.24, 2.45) is 5.73 Å². The van der Waals surface area contributed by atoms with Crippen LogP contribution in [0, 0.1) is 0 Å². The van der Waals surface area contributed by atoms with Crippen molar-refractivity contribution >= 4 is 0 Å². The number of ether oxygens (including phenoxy) is 7. The minimum Gasteiger partial charge on any atom is -0.493 e. The van der Waals surface area contributed by atoms with Crippen molar-refractivity contribution in [1.82, 2.24) is 0 Å². The molecule has 0 heterocycles. The molecular formula is C54H63NO8. The van der Waals surface area contributed by atoms with Crippen LogP contribution in [0.1, 0.15) is 86.8 Å². The first-order valence-corrected chi connectivity index (χ1v) is 22.3. The Morgan fingerprint density at radius 1 is 0.397 bits per heavy atom. The van der Waals surface area contributed by atoms with Gasteiger partial charge in [-0.15, -0.1) is 0 Å². The fourth-order valence-corrected chi connectivity index (χ4v) is 7.12. The van der Waals surface area contributed by atoms with Crippen molar-refractivity contribution in [2.45, 2.75) is 91.3 Å². The topological polar surface area (TPSA) is 111 Å². The number of aliphatic hydroxyl groups is 1. The van der Waals surface area contributed by atoms with Crippen molar-refractivity contribution in [2.75, 3.05) is 26.4 Å². The van der Waals surface area contributed by atoms with E-state index in [1.165, 1.54) is 0 Å². The van der Waals surface area contributed by atoms with E-state index in [-0.39, 0.29) is 19.8 Å². The van der Waals surface area contributed by atoms with Gasteiger partial charge in [0.1, 0.15) is 65.7 Å². The average molecular weight is 854 g/mol. The number of nitrogens with two attached hydrogens (primary N) is 1. The van der Waals surface area contributed by atoms with E-state index in [0.717, 1.165) is 82.1 Å². The standard InChI is InChI=1S/C54H63NO8/c1-5-23-57-47-27-41(28-48(34-47)58-24-6-2)38-62-51-31-43(32-52(36-51)63-39-42-29-49(59-25-7-3)35-50(30-42)60-26-8-4)37-61-46-21-19-40(20-22-46)33-53(55)54(56,44-15-11-9-12-16-44)45-17-13-10-14-18-45/h9-22,27-32,34-36,53,56H,5-8,23-26,33,37-39,55H2,1-4H3/t53-/m0/s1. The SMILES string of the molecule is CCCOc1cc(COc2cc(COc3ccc(C[C@H](N)C(O)(c4ccccc4)c4ccccc4)cc3)cc(OCc3cc(OCCC)cc(OCCC)c3)c2)cc(OCCC)c1. The maximum Gasteiger partial charge on any atom is 0.130 e. The first-order valence-electron chi connectivity index (χ1n) is 22.3. The van der Waals surface area contributed by atoms with Crippen LogP contribution in [-0.2, 0) is 31.8 Å². The molecule has 0 saturated carbocycles. The maximum absolute atomic E-state index is 12.2. The largest absolute Gasteiger partial charge is 0.493 e. The lowest BCUT2D eigenvalue weighted by atomic mass is 9.78. The Kier molecular flexibility index (Phi) is 17.6. The summed E-state index contributed by atoms with van der Waals surface area (Å²) >= 11 is 0. The predicted octanol–water partition coefficient (Wildman–Crippen LogP) is 11.4. The molecule has 0 fully saturated rings. The van der Waals surface area contributed by atoms with Gasteiger partial charge in [0.05, 0.1) is 26.4 Å². The van der Waals surface area contributed by atoms with E-state index >= 15 is 0 Å². The van der Waals surface area contributed by atoms with E-state index in [0.29, 0.717) is 50.1 Å². The highest BCUT2D eigenvalue weighted by Crippen LogP contribution is 2.34. The Bertz CT molecular complexity index is 2090. The minimum atomic E-state index is -1.38. The summed E-state index contributed by atoms with van der Waals surface area (Å²) in [5, 5.41) is 12.2. The molecule has 0 saturated heterocycles. The van der Waals surface area contributed by atoms with Crippen LogP contribution in [-0.4, -0.2) is 37.6 Å². The van der Waals surface area contributed by atoms with Crippen molar-refractivity contribution in [1.29, 1.82) is 0 Å². The molecule has 63 heavy (non-hydrogen) atoms. The van der Waals surface area contributed by atoms with Crippen LogP contribution in [0.15, 0.2) is 140 Å². The molecule has 0 bridgehead atoms. The molecule has 9 heteroatoms. The molecule has 0 unspecified atom stereocenters. The van der Waals surface area contributed by atoms with Crippen LogP contribution in [0.3, 0.4) is 0 Å². The second-order valence-electron chi connectivity index (χ2n) is 15.7. The van der Waals surface area contributed by atoms with Gasteiger partial charge in [-0.25, -0.2) is 0 Å². The highest BCUT2D eigenvalue weighted by atomic mass is 16.5. The summed E-state index contributed by atoms with van der Waals surface area (Å²) in [7, 11) is 0. The molecule has 0 radical (unpaired) electrons. The molecule has 9 nitrogen and oxygen atoms in total. The highest BCUT2D eigenvalue weighted by molar-refractivity contribution is 5.43. The molecule has 6 aromatic carbocycles. The maximum atomic E-state index is 12.2. The zero-order chi connectivity index (χ0) is 44.3. The second kappa shape index (κ2) is 23.9. The van der Waals surface area contributed by atoms with Gasteiger partial charge in [0.25, 0.3) is 0 Å². The summed E-state index contributed by atoms with van der Waals surface area (Å²) in [4.78, 5) is 0. The fourth-order valence-electron chi connectivity index (χ4n) is 7.12. The van der Waals surface area contributed by atoms with Crippen LogP contribution in [0.5, 0.6) is 40.2 Å². The average Bonchev–Trinajstić information content (AvgIpc) is 3.32. The number of hydrogen-bond donors (Lipinski definition) is 2. The smallest absolute Gasteiger partial charge is 0.130 e. The molecule has 0 aliphatic heterocycles. The summed E-state index contributed by atoms with van der Waals surface area (Å²) in [6, 6.07) is 44.1. The van der Waals surface area contributed by atoms with E-state index in [4.69, 9.17) is 38.9 Å². The van der Waals surface area contributed by atoms with Gasteiger partial charge in [-0.2, -0.15) is 0 Å². The molecule has 0 spiro atoms. The minimum absolute atomic E-state index is 0.263. The van der Waals surface area contributed by atoms with Gasteiger partial charge in [0.2, 0.25) is 0 Å². The Balaban J connectivity index is 1.19. The Morgan fingerprint density at radius 2 is 0.714 bits per heavy atom. The predicted molar refractivity (Wildman–Crippen MR) is 249 cm³/mol. The van der Waals surface area contributed by atoms with Crippen molar-refractivity contribution in [3.63, 3.8) is 0 Å². The highest BCUT2D eigenvalue weighted by Gasteiger charge is 2.38. The van der Waals surface area contributed by atoms with E-state index in [1.807, 2.05) is 140 Å². The third-order valence-electron chi connectivity index (χ3n) is 10.3. The molecule has 1 atom stereocenters. The second-order valence-corrected chi connectivity index (χ2v) is 15.7. The van der Waals surface area contributed by atoms with Gasteiger partial charge >= 0.3 is 0 Å². The molecule has 0 aromatic heterocycles. The van der Waals surface area contributed by atoms with E-state index in [1.54, 1.807) is 0 Å².